The van der Waals surface area contributed by atoms with E-state index in [4.69, 9.17) is 5.73 Å². The van der Waals surface area contributed by atoms with E-state index in [1.54, 1.807) is 12.3 Å². The fourth-order valence-corrected chi connectivity index (χ4v) is 3.18. The summed E-state index contributed by atoms with van der Waals surface area (Å²) >= 11 is 1.37. The van der Waals surface area contributed by atoms with Crippen molar-refractivity contribution in [2.45, 2.75) is 18.9 Å². The average Bonchev–Trinajstić information content (AvgIpc) is 3.21. The van der Waals surface area contributed by atoms with Gasteiger partial charge < -0.3 is 10.6 Å². The molecule has 3 rings (SSSR count). The maximum atomic E-state index is 12.6. The van der Waals surface area contributed by atoms with Crippen LogP contribution in [-0.4, -0.2) is 28.4 Å². The van der Waals surface area contributed by atoms with Crippen LogP contribution in [0.15, 0.2) is 31.0 Å². The highest BCUT2D eigenvalue weighted by atomic mass is 32.1. The van der Waals surface area contributed by atoms with Crippen LogP contribution in [0.4, 0.5) is 5.69 Å². The quantitative estimate of drug-likeness (QED) is 0.871. The molecule has 1 aliphatic carbocycles. The van der Waals surface area contributed by atoms with E-state index < -0.39 is 0 Å². The summed E-state index contributed by atoms with van der Waals surface area (Å²) in [7, 11) is 0. The molecule has 19 heavy (non-hydrogen) atoms. The number of pyridine rings is 1. The summed E-state index contributed by atoms with van der Waals surface area (Å²) < 4.78 is 0. The lowest BCUT2D eigenvalue weighted by Gasteiger charge is -2.20. The number of carbonyl (C=O) groups excluding carboxylic acids is 1. The van der Waals surface area contributed by atoms with Crippen LogP contribution in [0.25, 0.3) is 10.2 Å². The van der Waals surface area contributed by atoms with Gasteiger partial charge in [-0.3, -0.25) is 4.79 Å². The van der Waals surface area contributed by atoms with E-state index >= 15 is 0 Å². The molecule has 0 aromatic carbocycles. The number of aromatic nitrogens is 1. The molecule has 0 radical (unpaired) electrons. The summed E-state index contributed by atoms with van der Waals surface area (Å²) in [6, 6.07) is 4.09. The van der Waals surface area contributed by atoms with Crippen molar-refractivity contribution in [2.75, 3.05) is 12.3 Å². The van der Waals surface area contributed by atoms with Gasteiger partial charge in [0.25, 0.3) is 5.91 Å². The third kappa shape index (κ3) is 2.10. The molecule has 2 aromatic heterocycles. The van der Waals surface area contributed by atoms with E-state index in [0.717, 1.165) is 23.1 Å². The fraction of sp³-hybridized carbons (Fsp3) is 0.286. The first-order chi connectivity index (χ1) is 9.22. The van der Waals surface area contributed by atoms with Crippen molar-refractivity contribution in [3.63, 3.8) is 0 Å². The van der Waals surface area contributed by atoms with Crippen molar-refractivity contribution in [3.8, 4) is 0 Å². The first-order valence-corrected chi connectivity index (χ1v) is 7.09. The minimum absolute atomic E-state index is 0.00269. The Morgan fingerprint density at radius 2 is 2.42 bits per heavy atom. The van der Waals surface area contributed by atoms with Gasteiger partial charge in [0.2, 0.25) is 0 Å². The van der Waals surface area contributed by atoms with Crippen LogP contribution in [0, 0.1) is 0 Å². The summed E-state index contributed by atoms with van der Waals surface area (Å²) in [6.45, 7) is 4.29. The third-order valence-electron chi connectivity index (χ3n) is 3.27. The normalized spacial score (nSPS) is 14.5. The van der Waals surface area contributed by atoms with E-state index in [9.17, 15) is 4.79 Å². The van der Waals surface area contributed by atoms with Crippen LogP contribution in [0.5, 0.6) is 0 Å². The van der Waals surface area contributed by atoms with Gasteiger partial charge in [-0.05, 0) is 25.0 Å². The molecule has 5 heteroatoms. The summed E-state index contributed by atoms with van der Waals surface area (Å²) in [4.78, 5) is 20.1. The van der Waals surface area contributed by atoms with Gasteiger partial charge in [-0.2, -0.15) is 0 Å². The molecule has 1 amide bonds. The Hall–Kier alpha value is -1.88. The maximum absolute atomic E-state index is 12.6. The number of nitrogens with two attached hydrogens (primary N) is 1. The van der Waals surface area contributed by atoms with E-state index in [0.29, 0.717) is 23.2 Å². The second-order valence-electron chi connectivity index (χ2n) is 4.68. The number of hydrogen-bond donors (Lipinski definition) is 1. The van der Waals surface area contributed by atoms with Crippen molar-refractivity contribution in [2.24, 2.45) is 0 Å². The predicted octanol–water partition coefficient (Wildman–Crippen LogP) is 2.67. The second-order valence-corrected chi connectivity index (χ2v) is 5.68. The van der Waals surface area contributed by atoms with Crippen molar-refractivity contribution < 1.29 is 4.79 Å². The van der Waals surface area contributed by atoms with Crippen molar-refractivity contribution >= 4 is 33.1 Å². The predicted molar refractivity (Wildman–Crippen MR) is 78.3 cm³/mol. The molecule has 1 saturated carbocycles. The molecule has 2 N–H and O–H groups in total. The number of anilines is 1. The van der Waals surface area contributed by atoms with Crippen LogP contribution in [0.3, 0.4) is 0 Å². The number of carbonyl (C=O) groups is 1. The van der Waals surface area contributed by atoms with Crippen LogP contribution in [0.1, 0.15) is 22.5 Å². The molecule has 0 aliphatic heterocycles. The van der Waals surface area contributed by atoms with Gasteiger partial charge >= 0.3 is 0 Å². The molecule has 0 bridgehead atoms. The molecule has 1 fully saturated rings. The summed E-state index contributed by atoms with van der Waals surface area (Å²) in [5.41, 5.74) is 6.64. The Balaban J connectivity index is 2.00. The number of thiophene rings is 1. The Kier molecular flexibility index (Phi) is 2.98. The molecule has 0 saturated heterocycles. The summed E-state index contributed by atoms with van der Waals surface area (Å²) in [5.74, 6) is 0.00269. The first kappa shape index (κ1) is 12.2. The van der Waals surface area contributed by atoms with Gasteiger partial charge in [-0.25, -0.2) is 4.98 Å². The van der Waals surface area contributed by atoms with Crippen LogP contribution in [-0.2, 0) is 0 Å². The lowest BCUT2D eigenvalue weighted by atomic mass is 10.2. The van der Waals surface area contributed by atoms with E-state index in [1.807, 2.05) is 17.0 Å². The van der Waals surface area contributed by atoms with Crippen LogP contribution < -0.4 is 5.73 Å². The zero-order valence-electron chi connectivity index (χ0n) is 10.5. The first-order valence-electron chi connectivity index (χ1n) is 6.27. The van der Waals surface area contributed by atoms with Gasteiger partial charge in [0.15, 0.2) is 0 Å². The monoisotopic (exact) mass is 273 g/mol. The number of amides is 1. The molecular weight excluding hydrogens is 258 g/mol. The standard InChI is InChI=1S/C14H15N3OS/c1-2-8-17(9-5-6-9)14(18)12-11(15)10-4-3-7-16-13(10)19-12/h2-4,7,9H,1,5-6,8,15H2. The SMILES string of the molecule is C=CCN(C(=O)c1sc2ncccc2c1N)C1CC1. The van der Waals surface area contributed by atoms with Gasteiger partial charge in [0, 0.05) is 24.2 Å². The lowest BCUT2D eigenvalue weighted by molar-refractivity contribution is 0.0768. The van der Waals surface area contributed by atoms with E-state index in [-0.39, 0.29) is 5.91 Å². The Labute approximate surface area is 115 Å². The highest BCUT2D eigenvalue weighted by molar-refractivity contribution is 7.21. The third-order valence-corrected chi connectivity index (χ3v) is 4.39. The van der Waals surface area contributed by atoms with Crippen molar-refractivity contribution in [3.05, 3.63) is 35.9 Å². The Morgan fingerprint density at radius 3 is 3.05 bits per heavy atom. The number of nitrogens with zero attached hydrogens (tertiary/aromatic N) is 2. The fourth-order valence-electron chi connectivity index (χ4n) is 2.16. The number of fused-ring (bicyclic) bond motifs is 1. The molecule has 2 heterocycles. The summed E-state index contributed by atoms with van der Waals surface area (Å²) in [6.07, 6.45) is 5.62. The maximum Gasteiger partial charge on any atom is 0.266 e. The number of hydrogen-bond acceptors (Lipinski definition) is 4. The minimum Gasteiger partial charge on any atom is -0.397 e. The highest BCUT2D eigenvalue weighted by Crippen LogP contribution is 2.35. The largest absolute Gasteiger partial charge is 0.397 e. The second kappa shape index (κ2) is 4.66. The molecular formula is C14H15N3OS. The minimum atomic E-state index is 0.00269. The van der Waals surface area contributed by atoms with Crippen LogP contribution in [0.2, 0.25) is 0 Å². The highest BCUT2D eigenvalue weighted by Gasteiger charge is 2.34. The molecule has 0 atom stereocenters. The van der Waals surface area contributed by atoms with Gasteiger partial charge in [0.1, 0.15) is 9.71 Å². The van der Waals surface area contributed by atoms with Crippen LogP contribution >= 0.6 is 11.3 Å². The van der Waals surface area contributed by atoms with E-state index in [2.05, 4.69) is 11.6 Å². The molecule has 4 nitrogen and oxygen atoms in total. The zero-order chi connectivity index (χ0) is 13.4. The van der Waals surface area contributed by atoms with Gasteiger partial charge in [-0.1, -0.05) is 6.08 Å². The average molecular weight is 273 g/mol. The van der Waals surface area contributed by atoms with Gasteiger partial charge in [-0.15, -0.1) is 17.9 Å². The number of rotatable bonds is 4. The van der Waals surface area contributed by atoms with Crippen molar-refractivity contribution in [1.82, 2.24) is 9.88 Å². The van der Waals surface area contributed by atoms with Gasteiger partial charge in [0.05, 0.1) is 5.69 Å². The van der Waals surface area contributed by atoms with Crippen molar-refractivity contribution in [1.29, 1.82) is 0 Å². The Morgan fingerprint density at radius 1 is 1.63 bits per heavy atom. The molecule has 1 aliphatic rings. The zero-order valence-corrected chi connectivity index (χ0v) is 11.3. The Bertz CT molecular complexity index is 645. The molecule has 98 valence electrons. The van der Waals surface area contributed by atoms with E-state index in [1.165, 1.54) is 11.3 Å². The number of nitrogen functional groups attached to an aromatic ring is 1. The molecule has 0 unspecified atom stereocenters. The summed E-state index contributed by atoms with van der Waals surface area (Å²) in [5, 5.41) is 0.866. The molecule has 2 aromatic rings. The molecule has 0 spiro atoms. The lowest BCUT2D eigenvalue weighted by Crippen LogP contribution is -2.33. The smallest absolute Gasteiger partial charge is 0.266 e. The topological polar surface area (TPSA) is 59.2 Å².